The van der Waals surface area contributed by atoms with Crippen LogP contribution in [-0.2, 0) is 7.05 Å². The third-order valence-corrected chi connectivity index (χ3v) is 2.89. The largest absolute Gasteiger partial charge is 0.265 e. The lowest BCUT2D eigenvalue weighted by Crippen LogP contribution is -1.90. The molecule has 0 aliphatic rings. The smallest absolute Gasteiger partial charge is 0.114 e. The van der Waals surface area contributed by atoms with E-state index in [0.29, 0.717) is 0 Å². The maximum atomic E-state index is 4.36. The molecular weight excluding hydrogens is 298 g/mol. The second kappa shape index (κ2) is 3.06. The summed E-state index contributed by atoms with van der Waals surface area (Å²) in [6, 6.07) is 1.92. The van der Waals surface area contributed by atoms with Gasteiger partial charge in [0.2, 0.25) is 0 Å². The molecule has 2 aromatic rings. The number of hydrogen-bond donors (Lipinski definition) is 0. The zero-order valence-electron chi connectivity index (χ0n) is 7.17. The maximum Gasteiger partial charge on any atom is 0.114 e. The number of nitrogens with zero attached hydrogens (tertiary/aromatic N) is 3. The van der Waals surface area contributed by atoms with Crippen LogP contribution in [0.15, 0.2) is 15.1 Å². The van der Waals surface area contributed by atoms with Crippen molar-refractivity contribution in [2.75, 3.05) is 0 Å². The fraction of sp³-hybridized carbons (Fsp3) is 0.250. The van der Waals surface area contributed by atoms with Crippen molar-refractivity contribution >= 4 is 42.9 Å². The minimum absolute atomic E-state index is 0.822. The zero-order valence-corrected chi connectivity index (χ0v) is 10.3. The van der Waals surface area contributed by atoms with Gasteiger partial charge in [0.05, 0.1) is 5.69 Å². The molecule has 13 heavy (non-hydrogen) atoms. The van der Waals surface area contributed by atoms with Gasteiger partial charge in [-0.25, -0.2) is 4.98 Å². The molecule has 0 unspecified atom stereocenters. The summed E-state index contributed by atoms with van der Waals surface area (Å²) in [6.45, 7) is 1.95. The van der Waals surface area contributed by atoms with Crippen molar-refractivity contribution < 1.29 is 0 Å². The highest BCUT2D eigenvalue weighted by molar-refractivity contribution is 9.11. The summed E-state index contributed by atoms with van der Waals surface area (Å²) in [5.41, 5.74) is 2.91. The van der Waals surface area contributed by atoms with Crippen LogP contribution in [0.4, 0.5) is 0 Å². The summed E-state index contributed by atoms with van der Waals surface area (Å²) in [6.07, 6.45) is 0. The lowest BCUT2D eigenvalue weighted by molar-refractivity contribution is 0.782. The SMILES string of the molecule is Cc1nn(C)c2c(Br)cc(Br)nc12. The van der Waals surface area contributed by atoms with Gasteiger partial charge in [0.25, 0.3) is 0 Å². The molecule has 0 fully saturated rings. The summed E-state index contributed by atoms with van der Waals surface area (Å²) in [5, 5.41) is 4.30. The fourth-order valence-electron chi connectivity index (χ4n) is 1.36. The van der Waals surface area contributed by atoms with Crippen LogP contribution < -0.4 is 0 Å². The lowest BCUT2D eigenvalue weighted by atomic mass is 10.3. The van der Waals surface area contributed by atoms with E-state index in [9.17, 15) is 0 Å². The first kappa shape index (κ1) is 9.15. The Morgan fingerprint density at radius 1 is 1.38 bits per heavy atom. The molecule has 0 saturated carbocycles. The number of pyridine rings is 1. The van der Waals surface area contributed by atoms with Crippen molar-refractivity contribution in [2.45, 2.75) is 6.92 Å². The highest BCUT2D eigenvalue weighted by Crippen LogP contribution is 2.26. The van der Waals surface area contributed by atoms with Crippen molar-refractivity contribution in [3.8, 4) is 0 Å². The minimum atomic E-state index is 0.822. The molecule has 0 amide bonds. The van der Waals surface area contributed by atoms with E-state index in [1.54, 1.807) is 0 Å². The standard InChI is InChI=1S/C8H7Br2N3/c1-4-7-8(13(2)12-4)5(9)3-6(10)11-7/h3H,1-2H3. The Labute approximate surface area is 92.4 Å². The van der Waals surface area contributed by atoms with E-state index in [0.717, 1.165) is 25.8 Å². The molecule has 3 nitrogen and oxygen atoms in total. The van der Waals surface area contributed by atoms with Gasteiger partial charge < -0.3 is 0 Å². The van der Waals surface area contributed by atoms with Gasteiger partial charge in [0.15, 0.2) is 0 Å². The highest BCUT2D eigenvalue weighted by Gasteiger charge is 2.10. The van der Waals surface area contributed by atoms with Gasteiger partial charge >= 0.3 is 0 Å². The van der Waals surface area contributed by atoms with E-state index in [1.807, 2.05) is 24.7 Å². The molecule has 0 radical (unpaired) electrons. The second-order valence-electron chi connectivity index (χ2n) is 2.83. The Morgan fingerprint density at radius 3 is 2.77 bits per heavy atom. The van der Waals surface area contributed by atoms with E-state index in [2.05, 4.69) is 41.9 Å². The number of rotatable bonds is 0. The molecule has 0 aliphatic heterocycles. The average Bonchev–Trinajstić information content (AvgIpc) is 2.27. The second-order valence-corrected chi connectivity index (χ2v) is 4.50. The molecule has 0 aliphatic carbocycles. The lowest BCUT2D eigenvalue weighted by Gasteiger charge is -1.97. The molecule has 68 valence electrons. The van der Waals surface area contributed by atoms with Gasteiger partial charge in [0.1, 0.15) is 15.6 Å². The first-order valence-corrected chi connectivity index (χ1v) is 5.33. The molecule has 0 spiro atoms. The Morgan fingerprint density at radius 2 is 2.08 bits per heavy atom. The average molecular weight is 305 g/mol. The fourth-order valence-corrected chi connectivity index (χ4v) is 2.74. The number of halogens is 2. The third kappa shape index (κ3) is 1.40. The van der Waals surface area contributed by atoms with Crippen molar-refractivity contribution in [1.29, 1.82) is 0 Å². The van der Waals surface area contributed by atoms with Crippen LogP contribution in [-0.4, -0.2) is 14.8 Å². The van der Waals surface area contributed by atoms with Crippen LogP contribution in [0.25, 0.3) is 11.0 Å². The monoisotopic (exact) mass is 303 g/mol. The van der Waals surface area contributed by atoms with Crippen LogP contribution in [0.3, 0.4) is 0 Å². The molecule has 2 heterocycles. The Hall–Kier alpha value is -0.420. The molecule has 2 rings (SSSR count). The minimum Gasteiger partial charge on any atom is -0.265 e. The number of fused-ring (bicyclic) bond motifs is 1. The summed E-state index contributed by atoms with van der Waals surface area (Å²) < 4.78 is 3.66. The highest BCUT2D eigenvalue weighted by atomic mass is 79.9. The van der Waals surface area contributed by atoms with Crippen LogP contribution >= 0.6 is 31.9 Å². The summed E-state index contributed by atoms with van der Waals surface area (Å²) in [4.78, 5) is 4.36. The quantitative estimate of drug-likeness (QED) is 0.701. The topological polar surface area (TPSA) is 30.7 Å². The van der Waals surface area contributed by atoms with Gasteiger partial charge in [-0.05, 0) is 44.8 Å². The Balaban J connectivity index is 2.97. The van der Waals surface area contributed by atoms with Crippen molar-refractivity contribution in [3.63, 3.8) is 0 Å². The summed E-state index contributed by atoms with van der Waals surface area (Å²) in [5.74, 6) is 0. The number of hydrogen-bond acceptors (Lipinski definition) is 2. The zero-order chi connectivity index (χ0) is 9.59. The van der Waals surface area contributed by atoms with Crippen LogP contribution in [0.2, 0.25) is 0 Å². The van der Waals surface area contributed by atoms with E-state index < -0.39 is 0 Å². The van der Waals surface area contributed by atoms with E-state index in [4.69, 9.17) is 0 Å². The normalized spacial score (nSPS) is 11.1. The van der Waals surface area contributed by atoms with Crippen LogP contribution in [0, 0.1) is 6.92 Å². The molecule has 2 aromatic heterocycles. The molecule has 0 bridgehead atoms. The predicted octanol–water partition coefficient (Wildman–Crippen LogP) is 2.80. The van der Waals surface area contributed by atoms with E-state index >= 15 is 0 Å². The van der Waals surface area contributed by atoms with Gasteiger partial charge in [-0.2, -0.15) is 5.10 Å². The van der Waals surface area contributed by atoms with E-state index in [-0.39, 0.29) is 0 Å². The number of aromatic nitrogens is 3. The van der Waals surface area contributed by atoms with Crippen molar-refractivity contribution in [3.05, 3.63) is 20.8 Å². The van der Waals surface area contributed by atoms with Crippen LogP contribution in [0.1, 0.15) is 5.69 Å². The first-order valence-electron chi connectivity index (χ1n) is 3.75. The molecule has 0 saturated heterocycles. The van der Waals surface area contributed by atoms with Crippen LogP contribution in [0.5, 0.6) is 0 Å². The van der Waals surface area contributed by atoms with E-state index in [1.165, 1.54) is 0 Å². The van der Waals surface area contributed by atoms with Gasteiger partial charge in [-0.3, -0.25) is 4.68 Å². The first-order chi connectivity index (χ1) is 6.09. The molecule has 0 N–H and O–H groups in total. The summed E-state index contributed by atoms with van der Waals surface area (Å²) >= 11 is 6.83. The predicted molar refractivity (Wildman–Crippen MR) is 58.6 cm³/mol. The Bertz CT molecular complexity index is 476. The number of aryl methyl sites for hydroxylation is 2. The molecular formula is C8H7Br2N3. The summed E-state index contributed by atoms with van der Waals surface area (Å²) in [7, 11) is 1.91. The van der Waals surface area contributed by atoms with Gasteiger partial charge in [-0.15, -0.1) is 0 Å². The van der Waals surface area contributed by atoms with Gasteiger partial charge in [0, 0.05) is 11.5 Å². The molecule has 0 atom stereocenters. The molecule has 0 aromatic carbocycles. The van der Waals surface area contributed by atoms with Gasteiger partial charge in [-0.1, -0.05) is 0 Å². The Kier molecular flexibility index (Phi) is 2.15. The third-order valence-electron chi connectivity index (χ3n) is 1.88. The maximum absolute atomic E-state index is 4.36. The molecule has 5 heteroatoms. The van der Waals surface area contributed by atoms with Crippen molar-refractivity contribution in [2.24, 2.45) is 7.05 Å². The van der Waals surface area contributed by atoms with Crippen molar-refractivity contribution in [1.82, 2.24) is 14.8 Å².